The third-order valence-electron chi connectivity index (χ3n) is 3.24. The third kappa shape index (κ3) is 2.34. The molecule has 1 aromatic rings. The molecule has 0 radical (unpaired) electrons. The lowest BCUT2D eigenvalue weighted by Crippen LogP contribution is -2.02. The van der Waals surface area contributed by atoms with Gasteiger partial charge < -0.3 is 0 Å². The number of fused-ring (bicyclic) bond motifs is 1. The van der Waals surface area contributed by atoms with Crippen LogP contribution < -0.4 is 0 Å². The first kappa shape index (κ1) is 14.9. The van der Waals surface area contributed by atoms with E-state index in [9.17, 15) is 9.59 Å². The van der Waals surface area contributed by atoms with Crippen molar-refractivity contribution < 1.29 is 9.59 Å². The molecular weight excluding hydrogens is 312 g/mol. The maximum atomic E-state index is 12.6. The summed E-state index contributed by atoms with van der Waals surface area (Å²) >= 11 is 2.69. The predicted molar refractivity (Wildman–Crippen MR) is 92.8 cm³/mol. The summed E-state index contributed by atoms with van der Waals surface area (Å²) < 4.78 is 0. The van der Waals surface area contributed by atoms with E-state index < -0.39 is 0 Å². The molecule has 0 saturated carbocycles. The van der Waals surface area contributed by atoms with Gasteiger partial charge in [-0.25, -0.2) is 0 Å². The van der Waals surface area contributed by atoms with Gasteiger partial charge in [0.1, 0.15) is 0 Å². The third-order valence-corrected chi connectivity index (χ3v) is 5.71. The van der Waals surface area contributed by atoms with Crippen LogP contribution in [0, 0.1) is 0 Å². The molecule has 0 aliphatic carbocycles. The van der Waals surface area contributed by atoms with Crippen LogP contribution in [0.5, 0.6) is 0 Å². The lowest BCUT2D eigenvalue weighted by atomic mass is 10.1. The zero-order valence-electron chi connectivity index (χ0n) is 11.7. The zero-order chi connectivity index (χ0) is 15.7. The Balaban J connectivity index is 2.11. The van der Waals surface area contributed by atoms with Crippen LogP contribution in [-0.4, -0.2) is 11.6 Å². The average molecular weight is 324 g/mol. The maximum Gasteiger partial charge on any atom is 0.202 e. The maximum absolute atomic E-state index is 12.6. The van der Waals surface area contributed by atoms with E-state index >= 15 is 0 Å². The standard InChI is InChI=1S/C18H12O2S2/c1-3-7-11-13(8-4-2)21-17(15(11)19)18-16(20)12-9-5-6-10-14(12)22-18/h3-10H,1-2H2/b11-7+,13-8+,18-17+. The number of rotatable bonds is 2. The summed E-state index contributed by atoms with van der Waals surface area (Å²) in [5.74, 6) is -0.198. The van der Waals surface area contributed by atoms with Crippen LogP contribution >= 0.6 is 23.5 Å². The largest absolute Gasteiger partial charge is 0.288 e. The van der Waals surface area contributed by atoms with E-state index in [1.54, 1.807) is 30.4 Å². The molecule has 1 aromatic carbocycles. The molecule has 0 amide bonds. The van der Waals surface area contributed by atoms with Gasteiger partial charge in [-0.1, -0.05) is 67.0 Å². The van der Waals surface area contributed by atoms with E-state index in [0.717, 1.165) is 9.80 Å². The molecule has 1 saturated heterocycles. The molecule has 0 spiro atoms. The fourth-order valence-corrected chi connectivity index (χ4v) is 4.59. The number of ketones is 2. The highest BCUT2D eigenvalue weighted by Gasteiger charge is 2.37. The van der Waals surface area contributed by atoms with Crippen LogP contribution in [0.25, 0.3) is 0 Å². The van der Waals surface area contributed by atoms with Gasteiger partial charge in [-0.05, 0) is 18.2 Å². The second kappa shape index (κ2) is 5.99. The van der Waals surface area contributed by atoms with Crippen molar-refractivity contribution in [3.05, 3.63) is 87.6 Å². The van der Waals surface area contributed by atoms with E-state index in [1.807, 2.05) is 18.2 Å². The summed E-state index contributed by atoms with van der Waals surface area (Å²) in [7, 11) is 0. The summed E-state index contributed by atoms with van der Waals surface area (Å²) in [5, 5.41) is 0. The molecule has 0 unspecified atom stereocenters. The highest BCUT2D eigenvalue weighted by atomic mass is 32.2. The van der Waals surface area contributed by atoms with E-state index in [0.29, 0.717) is 20.9 Å². The van der Waals surface area contributed by atoms with Crippen molar-refractivity contribution in [2.75, 3.05) is 0 Å². The summed E-state index contributed by atoms with van der Waals surface area (Å²) in [4.78, 5) is 27.9. The molecule has 0 N–H and O–H groups in total. The van der Waals surface area contributed by atoms with Crippen LogP contribution in [-0.2, 0) is 4.79 Å². The van der Waals surface area contributed by atoms with E-state index in [1.165, 1.54) is 23.5 Å². The van der Waals surface area contributed by atoms with E-state index in [4.69, 9.17) is 0 Å². The minimum atomic E-state index is -0.123. The second-order valence-electron chi connectivity index (χ2n) is 4.60. The van der Waals surface area contributed by atoms with Gasteiger partial charge >= 0.3 is 0 Å². The smallest absolute Gasteiger partial charge is 0.202 e. The van der Waals surface area contributed by atoms with Gasteiger partial charge in [0.05, 0.1) is 9.81 Å². The first-order valence-corrected chi connectivity index (χ1v) is 8.25. The first-order valence-electron chi connectivity index (χ1n) is 6.61. The number of carbonyl (C=O) groups excluding carboxylic acids is 2. The van der Waals surface area contributed by atoms with Crippen molar-refractivity contribution in [1.29, 1.82) is 0 Å². The molecule has 22 heavy (non-hydrogen) atoms. The lowest BCUT2D eigenvalue weighted by Gasteiger charge is -1.97. The van der Waals surface area contributed by atoms with Gasteiger partial charge in [-0.3, -0.25) is 9.59 Å². The normalized spacial score (nSPS) is 24.2. The SMILES string of the molecule is C=C/C=C1/C(=O)/C(=C2\Sc3ccccc3C2=O)S/C1=C/C=C. The van der Waals surface area contributed by atoms with Gasteiger partial charge in [0.25, 0.3) is 0 Å². The van der Waals surface area contributed by atoms with Crippen molar-refractivity contribution in [2.45, 2.75) is 4.90 Å². The summed E-state index contributed by atoms with van der Waals surface area (Å²) in [6.45, 7) is 7.32. The van der Waals surface area contributed by atoms with Gasteiger partial charge in [-0.2, -0.15) is 0 Å². The van der Waals surface area contributed by atoms with Crippen molar-refractivity contribution in [1.82, 2.24) is 0 Å². The Hall–Kier alpha value is -2.04. The molecule has 0 atom stereocenters. The fourth-order valence-electron chi connectivity index (χ4n) is 2.27. The molecule has 2 aliphatic rings. The number of allylic oxidation sites excluding steroid dienone is 7. The Morgan fingerprint density at radius 2 is 1.55 bits per heavy atom. The first-order chi connectivity index (χ1) is 10.7. The number of thioether (sulfide) groups is 2. The monoisotopic (exact) mass is 324 g/mol. The average Bonchev–Trinajstić information content (AvgIpc) is 3.00. The molecular formula is C18H12O2S2. The number of benzene rings is 1. The van der Waals surface area contributed by atoms with Crippen molar-refractivity contribution in [3.8, 4) is 0 Å². The van der Waals surface area contributed by atoms with Crippen molar-refractivity contribution in [3.63, 3.8) is 0 Å². The van der Waals surface area contributed by atoms with Crippen molar-refractivity contribution in [2.24, 2.45) is 0 Å². The van der Waals surface area contributed by atoms with Gasteiger partial charge in [0, 0.05) is 20.9 Å². The highest BCUT2D eigenvalue weighted by molar-refractivity contribution is 8.11. The molecule has 2 nitrogen and oxygen atoms in total. The molecule has 4 heteroatoms. The molecule has 2 aliphatic heterocycles. The molecule has 0 aromatic heterocycles. The second-order valence-corrected chi connectivity index (χ2v) is 6.70. The summed E-state index contributed by atoms with van der Waals surface area (Å²) in [6.07, 6.45) is 6.67. The number of carbonyl (C=O) groups is 2. The lowest BCUT2D eigenvalue weighted by molar-refractivity contribution is -0.111. The Labute approximate surface area is 137 Å². The van der Waals surface area contributed by atoms with Crippen LogP contribution in [0.2, 0.25) is 0 Å². The number of Topliss-reactive ketones (excluding diaryl/α,β-unsaturated/α-hetero) is 2. The van der Waals surface area contributed by atoms with Crippen LogP contribution in [0.1, 0.15) is 10.4 Å². The summed E-state index contributed by atoms with van der Waals surface area (Å²) in [6, 6.07) is 7.42. The Morgan fingerprint density at radius 3 is 2.23 bits per heavy atom. The van der Waals surface area contributed by atoms with Crippen LogP contribution in [0.3, 0.4) is 0 Å². The Morgan fingerprint density at radius 1 is 0.864 bits per heavy atom. The van der Waals surface area contributed by atoms with Crippen molar-refractivity contribution >= 4 is 35.1 Å². The molecule has 2 heterocycles. The number of hydrogen-bond acceptors (Lipinski definition) is 4. The minimum absolute atomic E-state index is 0.0748. The zero-order valence-corrected chi connectivity index (χ0v) is 13.3. The Kier molecular flexibility index (Phi) is 4.05. The van der Waals surface area contributed by atoms with Gasteiger partial charge in [0.15, 0.2) is 0 Å². The highest BCUT2D eigenvalue weighted by Crippen LogP contribution is 2.50. The molecule has 108 valence electrons. The fraction of sp³-hybridized carbons (Fsp3) is 0. The summed E-state index contributed by atoms with van der Waals surface area (Å²) in [5.41, 5.74) is 1.23. The van der Waals surface area contributed by atoms with Crippen LogP contribution in [0.4, 0.5) is 0 Å². The quantitative estimate of drug-likeness (QED) is 0.739. The number of hydrogen-bond donors (Lipinski definition) is 0. The van der Waals surface area contributed by atoms with Crippen LogP contribution in [0.15, 0.2) is 86.9 Å². The Bertz CT molecular complexity index is 810. The molecule has 1 fully saturated rings. The van der Waals surface area contributed by atoms with E-state index in [-0.39, 0.29) is 11.6 Å². The van der Waals surface area contributed by atoms with Gasteiger partial charge in [0.2, 0.25) is 11.6 Å². The predicted octanol–water partition coefficient (Wildman–Crippen LogP) is 4.68. The molecule has 3 rings (SSSR count). The van der Waals surface area contributed by atoms with Gasteiger partial charge in [-0.15, -0.1) is 0 Å². The minimum Gasteiger partial charge on any atom is -0.288 e. The van der Waals surface area contributed by atoms with E-state index in [2.05, 4.69) is 13.2 Å². The molecule has 0 bridgehead atoms. The topological polar surface area (TPSA) is 34.1 Å².